The van der Waals surface area contributed by atoms with E-state index < -0.39 is 124 Å². The highest BCUT2D eigenvalue weighted by atomic mass is 16.8. The molecule has 0 radical (unpaired) electrons. The summed E-state index contributed by atoms with van der Waals surface area (Å²) >= 11 is 0. The molecule has 3 saturated heterocycles. The zero-order valence-corrected chi connectivity index (χ0v) is 61.7. The number of unbranched alkanes of at least 4 members (excludes halogenated alkanes) is 37. The average Bonchev–Trinajstić information content (AvgIpc) is 0.784. The molecule has 0 bridgehead atoms. The third-order valence-electron chi connectivity index (χ3n) is 19.9. The van der Waals surface area contributed by atoms with E-state index in [1.54, 1.807) is 0 Å². The third kappa shape index (κ3) is 41.1. The summed E-state index contributed by atoms with van der Waals surface area (Å²) in [7, 11) is 0. The molecule has 0 aromatic carbocycles. The second-order valence-electron chi connectivity index (χ2n) is 28.5. The Morgan fingerprint density at radius 3 is 1.09 bits per heavy atom. The van der Waals surface area contributed by atoms with E-state index in [9.17, 15) is 61.0 Å². The monoisotopic (exact) mass is 1410 g/mol. The van der Waals surface area contributed by atoms with Crippen molar-refractivity contribution in [1.82, 2.24) is 5.32 Å². The Hall–Kier alpha value is -2.51. The first-order valence-electron chi connectivity index (χ1n) is 40.0. The lowest BCUT2D eigenvalue weighted by Gasteiger charge is -2.48. The fraction of sp³-hybridized carbons (Fsp3) is 0.863. The lowest BCUT2D eigenvalue weighted by atomic mass is 9.96. The number of aliphatic hydroxyl groups excluding tert-OH is 11. The van der Waals surface area contributed by atoms with Gasteiger partial charge in [-0.1, -0.05) is 306 Å². The van der Waals surface area contributed by atoms with Crippen LogP contribution < -0.4 is 5.32 Å². The van der Waals surface area contributed by atoms with Crippen molar-refractivity contribution < 1.29 is 89.4 Å². The van der Waals surface area contributed by atoms with E-state index in [-0.39, 0.29) is 18.9 Å². The summed E-state index contributed by atoms with van der Waals surface area (Å²) in [4.78, 5) is 13.5. The molecule has 17 unspecified atom stereocenters. The van der Waals surface area contributed by atoms with Gasteiger partial charge in [-0.2, -0.15) is 0 Å². The van der Waals surface area contributed by atoms with Crippen LogP contribution in [0, 0.1) is 0 Å². The maximum atomic E-state index is 13.5. The molecule has 0 aliphatic carbocycles. The Morgan fingerprint density at radius 1 is 0.374 bits per heavy atom. The molecule has 3 fully saturated rings. The second kappa shape index (κ2) is 60.7. The standard InChI is InChI=1S/C80H145NO18/c1-3-5-7-9-11-13-15-17-19-21-23-25-26-27-28-29-30-31-32-33-34-35-36-38-39-41-43-45-47-49-51-53-55-57-64(85)63(81-68(86)58-56-54-52-50-48-46-44-42-40-37-24-22-20-18-16-14-12-10-8-6-4-2)62-94-78-74(92)71(89)76(66(60-83)96-78)99-80-75(93)72(90)77(67(61-84)97-80)98-79-73(91)70(88)69(87)65(59-82)95-79/h6,8,12,14,18,20,24,37,42,44,63-67,69-80,82-85,87-93H,3-5,7,9-11,13,15-17,19,21-23,25-36,38-41,43,45-62H2,1-2H3,(H,81,86)/b8-6-,14-12-,20-18-,37-24-,44-42-. The third-order valence-corrected chi connectivity index (χ3v) is 19.9. The Kier molecular flexibility index (Phi) is 55.6. The number of aliphatic hydroxyl groups is 11. The molecule has 1 amide bonds. The lowest BCUT2D eigenvalue weighted by molar-refractivity contribution is -0.379. The van der Waals surface area contributed by atoms with Gasteiger partial charge < -0.3 is 89.9 Å². The summed E-state index contributed by atoms with van der Waals surface area (Å²) in [5.41, 5.74) is 0. The number of nitrogens with one attached hydrogen (secondary N) is 1. The van der Waals surface area contributed by atoms with Crippen molar-refractivity contribution in [3.8, 4) is 0 Å². The van der Waals surface area contributed by atoms with Crippen LogP contribution in [0.4, 0.5) is 0 Å². The minimum absolute atomic E-state index is 0.242. The molecule has 99 heavy (non-hydrogen) atoms. The summed E-state index contributed by atoms with van der Waals surface area (Å²) in [6, 6.07) is -0.903. The van der Waals surface area contributed by atoms with Gasteiger partial charge in [0.25, 0.3) is 0 Å². The van der Waals surface area contributed by atoms with Crippen molar-refractivity contribution in [2.45, 2.75) is 413 Å². The van der Waals surface area contributed by atoms with Crippen LogP contribution in [0.2, 0.25) is 0 Å². The van der Waals surface area contributed by atoms with Crippen LogP contribution in [0.15, 0.2) is 60.8 Å². The highest BCUT2D eigenvalue weighted by Crippen LogP contribution is 2.33. The van der Waals surface area contributed by atoms with Crippen LogP contribution in [-0.4, -0.2) is 193 Å². The highest BCUT2D eigenvalue weighted by molar-refractivity contribution is 5.76. The predicted molar refractivity (Wildman–Crippen MR) is 392 cm³/mol. The topological polar surface area (TPSA) is 307 Å². The number of ether oxygens (including phenoxy) is 6. The maximum Gasteiger partial charge on any atom is 0.220 e. The van der Waals surface area contributed by atoms with Crippen molar-refractivity contribution in [3.05, 3.63) is 60.8 Å². The summed E-state index contributed by atoms with van der Waals surface area (Å²) in [6.07, 6.45) is 50.3. The van der Waals surface area contributed by atoms with E-state index >= 15 is 0 Å². The van der Waals surface area contributed by atoms with Gasteiger partial charge >= 0.3 is 0 Å². The smallest absolute Gasteiger partial charge is 0.220 e. The molecule has 19 nitrogen and oxygen atoms in total. The zero-order valence-electron chi connectivity index (χ0n) is 61.7. The second-order valence-corrected chi connectivity index (χ2v) is 28.5. The van der Waals surface area contributed by atoms with Gasteiger partial charge in [-0.25, -0.2) is 0 Å². The first-order valence-corrected chi connectivity index (χ1v) is 40.0. The lowest BCUT2D eigenvalue weighted by Crippen LogP contribution is -2.66. The summed E-state index contributed by atoms with van der Waals surface area (Å²) in [6.45, 7) is 1.70. The fourth-order valence-corrected chi connectivity index (χ4v) is 13.5. The minimum Gasteiger partial charge on any atom is -0.394 e. The van der Waals surface area contributed by atoms with E-state index in [2.05, 4.69) is 79.9 Å². The molecule has 0 aromatic heterocycles. The average molecular weight is 1410 g/mol. The first-order chi connectivity index (χ1) is 48.3. The first kappa shape index (κ1) is 90.7. The van der Waals surface area contributed by atoms with Gasteiger partial charge in [0.15, 0.2) is 18.9 Å². The van der Waals surface area contributed by atoms with Crippen LogP contribution in [0.5, 0.6) is 0 Å². The molecule has 0 spiro atoms. The van der Waals surface area contributed by atoms with E-state index in [0.29, 0.717) is 12.8 Å². The van der Waals surface area contributed by atoms with Crippen LogP contribution >= 0.6 is 0 Å². The summed E-state index contributed by atoms with van der Waals surface area (Å²) in [5, 5.41) is 121. The number of hydrogen-bond acceptors (Lipinski definition) is 18. The summed E-state index contributed by atoms with van der Waals surface area (Å²) < 4.78 is 34.5. The van der Waals surface area contributed by atoms with Crippen LogP contribution in [0.3, 0.4) is 0 Å². The van der Waals surface area contributed by atoms with Crippen LogP contribution in [0.25, 0.3) is 0 Å². The van der Waals surface area contributed by atoms with Gasteiger partial charge in [-0.15, -0.1) is 0 Å². The number of allylic oxidation sites excluding steroid dienone is 10. The highest BCUT2D eigenvalue weighted by Gasteiger charge is 2.54. The molecule has 3 aliphatic rings. The molecule has 12 N–H and O–H groups in total. The largest absolute Gasteiger partial charge is 0.394 e. The zero-order chi connectivity index (χ0) is 71.8. The molecule has 578 valence electrons. The van der Waals surface area contributed by atoms with Gasteiger partial charge in [0.1, 0.15) is 73.2 Å². The molecular formula is C80H145NO18. The Labute approximate surface area is 598 Å². The number of amides is 1. The SMILES string of the molecule is CC/C=C\C/C=C\C/C=C\C/C=C\C/C=C\CCCCCCCC(=O)NC(COC1OC(CO)C(OC2OC(CO)C(OC3OC(CO)C(O)C(O)C3O)C(O)C2O)C(O)C1O)C(O)CCCCCCCCCCCCCCCCCCCCCCCCCCCCCCCCCCC. The number of carbonyl (C=O) groups is 1. The molecule has 0 saturated carbocycles. The molecule has 17 atom stereocenters. The maximum absolute atomic E-state index is 13.5. The van der Waals surface area contributed by atoms with Gasteiger partial charge in [0.2, 0.25) is 5.91 Å². The van der Waals surface area contributed by atoms with Crippen molar-refractivity contribution in [2.24, 2.45) is 0 Å². The number of rotatable bonds is 63. The van der Waals surface area contributed by atoms with Crippen LogP contribution in [-0.2, 0) is 33.2 Å². The van der Waals surface area contributed by atoms with E-state index in [0.717, 1.165) is 89.9 Å². The number of carbonyl (C=O) groups excluding carboxylic acids is 1. The van der Waals surface area contributed by atoms with Crippen LogP contribution in [0.1, 0.15) is 309 Å². The van der Waals surface area contributed by atoms with E-state index in [4.69, 9.17) is 28.4 Å². The van der Waals surface area contributed by atoms with E-state index in [1.165, 1.54) is 186 Å². The van der Waals surface area contributed by atoms with Gasteiger partial charge in [0, 0.05) is 6.42 Å². The normalized spacial score (nSPS) is 26.9. The number of hydrogen-bond donors (Lipinski definition) is 12. The molecule has 3 heterocycles. The molecule has 3 aliphatic heterocycles. The quantitative estimate of drug-likeness (QED) is 0.0199. The molecule has 3 rings (SSSR count). The van der Waals surface area contributed by atoms with Crippen molar-refractivity contribution in [2.75, 3.05) is 26.4 Å². The molecule has 19 heteroatoms. The van der Waals surface area contributed by atoms with Gasteiger partial charge in [0.05, 0.1) is 38.6 Å². The van der Waals surface area contributed by atoms with Crippen molar-refractivity contribution in [3.63, 3.8) is 0 Å². The Bertz CT molecular complexity index is 2020. The predicted octanol–water partition coefficient (Wildman–Crippen LogP) is 13.1. The van der Waals surface area contributed by atoms with Gasteiger partial charge in [-0.05, 0) is 57.8 Å². The minimum atomic E-state index is -1.98. The fourth-order valence-electron chi connectivity index (χ4n) is 13.5. The van der Waals surface area contributed by atoms with E-state index in [1.807, 2.05) is 0 Å². The Balaban J connectivity index is 1.36. The van der Waals surface area contributed by atoms with Crippen molar-refractivity contribution >= 4 is 5.91 Å². The Morgan fingerprint density at radius 2 is 0.697 bits per heavy atom. The summed E-state index contributed by atoms with van der Waals surface area (Å²) in [5.74, 6) is -0.260. The molecule has 0 aromatic rings. The van der Waals surface area contributed by atoms with Gasteiger partial charge in [-0.3, -0.25) is 4.79 Å². The molecular weight excluding hydrogens is 1260 g/mol. The van der Waals surface area contributed by atoms with Crippen molar-refractivity contribution in [1.29, 1.82) is 0 Å².